The summed E-state index contributed by atoms with van der Waals surface area (Å²) in [5.74, 6) is -0.197. The molecule has 2 aromatic carbocycles. The molecule has 9 nitrogen and oxygen atoms in total. The standard InChI is InChI=1S/C24H30N4O5S/c1-24(2,3)19-14-17(28-10-9-20(29)26-23(28)32)13-18(21(19)30)22(31)25-15-5-7-16(8-6-15)27-34-12-11-33-4/h5-8,13-14,27,30H,9-12H2,1-4H3,(H,25,31)(H,26,29,32). The number of ether oxygens (including phenoxy) is 1. The van der Waals surface area contributed by atoms with Crippen LogP contribution in [0.3, 0.4) is 0 Å². The van der Waals surface area contributed by atoms with E-state index in [-0.39, 0.29) is 30.2 Å². The van der Waals surface area contributed by atoms with Gasteiger partial charge in [-0.1, -0.05) is 32.7 Å². The van der Waals surface area contributed by atoms with Crippen molar-refractivity contribution in [2.75, 3.05) is 41.0 Å². The molecular formula is C24H30N4O5S. The summed E-state index contributed by atoms with van der Waals surface area (Å²) >= 11 is 1.52. The largest absolute Gasteiger partial charge is 0.507 e. The Bertz CT molecular complexity index is 1070. The first-order valence-corrected chi connectivity index (χ1v) is 11.9. The van der Waals surface area contributed by atoms with Crippen molar-refractivity contribution in [3.63, 3.8) is 0 Å². The third-order valence-corrected chi connectivity index (χ3v) is 5.99. The van der Waals surface area contributed by atoms with Crippen LogP contribution >= 0.6 is 11.9 Å². The predicted molar refractivity (Wildman–Crippen MR) is 135 cm³/mol. The van der Waals surface area contributed by atoms with E-state index in [4.69, 9.17) is 4.74 Å². The lowest BCUT2D eigenvalue weighted by molar-refractivity contribution is -0.120. The number of carbonyl (C=O) groups is 3. The van der Waals surface area contributed by atoms with Crippen molar-refractivity contribution in [2.45, 2.75) is 32.6 Å². The average Bonchev–Trinajstić information content (AvgIpc) is 2.77. The molecule has 182 valence electrons. The zero-order valence-electron chi connectivity index (χ0n) is 19.7. The lowest BCUT2D eigenvalue weighted by Crippen LogP contribution is -2.49. The van der Waals surface area contributed by atoms with Gasteiger partial charge in [0.15, 0.2) is 0 Å². The first-order valence-electron chi connectivity index (χ1n) is 10.9. The van der Waals surface area contributed by atoms with Gasteiger partial charge >= 0.3 is 6.03 Å². The number of urea groups is 1. The van der Waals surface area contributed by atoms with E-state index >= 15 is 0 Å². The van der Waals surface area contributed by atoms with Gasteiger partial charge in [-0.3, -0.25) is 19.8 Å². The lowest BCUT2D eigenvalue weighted by atomic mass is 9.84. The molecule has 34 heavy (non-hydrogen) atoms. The van der Waals surface area contributed by atoms with E-state index in [1.807, 2.05) is 32.9 Å². The quantitative estimate of drug-likeness (QED) is 0.328. The summed E-state index contributed by atoms with van der Waals surface area (Å²) < 4.78 is 8.20. The number of phenols is 1. The van der Waals surface area contributed by atoms with Crippen LogP contribution in [0.1, 0.15) is 43.1 Å². The minimum Gasteiger partial charge on any atom is -0.507 e. The molecule has 0 radical (unpaired) electrons. The lowest BCUT2D eigenvalue weighted by Gasteiger charge is -2.29. The Morgan fingerprint density at radius 2 is 1.85 bits per heavy atom. The number of benzene rings is 2. The van der Waals surface area contributed by atoms with E-state index in [9.17, 15) is 19.5 Å². The van der Waals surface area contributed by atoms with Crippen molar-refractivity contribution < 1.29 is 24.2 Å². The molecule has 3 rings (SSSR count). The second kappa shape index (κ2) is 10.8. The molecule has 1 fully saturated rings. The number of rotatable bonds is 8. The minimum absolute atomic E-state index is 0.0458. The highest BCUT2D eigenvalue weighted by Crippen LogP contribution is 2.38. The number of anilines is 3. The Balaban J connectivity index is 1.84. The first kappa shape index (κ1) is 25.4. The van der Waals surface area contributed by atoms with Gasteiger partial charge in [-0.15, -0.1) is 0 Å². The Morgan fingerprint density at radius 3 is 2.47 bits per heavy atom. The van der Waals surface area contributed by atoms with Gasteiger partial charge < -0.3 is 19.9 Å². The highest BCUT2D eigenvalue weighted by atomic mass is 32.2. The Hall–Kier alpha value is -3.24. The average molecular weight is 487 g/mol. The molecule has 1 saturated heterocycles. The molecule has 0 aliphatic carbocycles. The van der Waals surface area contributed by atoms with Crippen molar-refractivity contribution in [3.8, 4) is 5.75 Å². The van der Waals surface area contributed by atoms with Gasteiger partial charge in [0.25, 0.3) is 5.91 Å². The summed E-state index contributed by atoms with van der Waals surface area (Å²) in [4.78, 5) is 38.5. The second-order valence-corrected chi connectivity index (χ2v) is 9.77. The van der Waals surface area contributed by atoms with Crippen molar-refractivity contribution >= 4 is 46.9 Å². The summed E-state index contributed by atoms with van der Waals surface area (Å²) in [5.41, 5.74) is 1.94. The fraction of sp³-hybridized carbons (Fsp3) is 0.375. The van der Waals surface area contributed by atoms with Gasteiger partial charge in [0, 0.05) is 48.5 Å². The number of imide groups is 1. The fourth-order valence-corrected chi connectivity index (χ4v) is 4.06. The topological polar surface area (TPSA) is 120 Å². The first-order chi connectivity index (χ1) is 16.1. The maximum Gasteiger partial charge on any atom is 0.328 e. The van der Waals surface area contributed by atoms with Gasteiger partial charge in [0.1, 0.15) is 5.75 Å². The molecule has 0 unspecified atom stereocenters. The number of phenolic OH excluding ortho intramolecular Hbond substituents is 1. The second-order valence-electron chi connectivity index (χ2n) is 8.87. The molecular weight excluding hydrogens is 456 g/mol. The van der Waals surface area contributed by atoms with Crippen LogP contribution in [0.15, 0.2) is 36.4 Å². The molecule has 0 saturated carbocycles. The normalized spacial score (nSPS) is 14.1. The molecule has 0 aromatic heterocycles. The van der Waals surface area contributed by atoms with Crippen LogP contribution in [0.25, 0.3) is 0 Å². The van der Waals surface area contributed by atoms with Gasteiger partial charge in [0.2, 0.25) is 5.91 Å². The maximum atomic E-state index is 13.1. The van der Waals surface area contributed by atoms with E-state index in [0.29, 0.717) is 23.5 Å². The monoisotopic (exact) mass is 486 g/mol. The smallest absolute Gasteiger partial charge is 0.328 e. The zero-order valence-corrected chi connectivity index (χ0v) is 20.5. The summed E-state index contributed by atoms with van der Waals surface area (Å²) in [6.45, 7) is 6.55. The van der Waals surface area contributed by atoms with Crippen LogP contribution in [0, 0.1) is 0 Å². The summed E-state index contributed by atoms with van der Waals surface area (Å²) in [5, 5.41) is 16.0. The molecule has 2 aromatic rings. The molecule has 1 aliphatic heterocycles. The van der Waals surface area contributed by atoms with Gasteiger partial charge in [-0.2, -0.15) is 0 Å². The number of hydrogen-bond donors (Lipinski definition) is 4. The maximum absolute atomic E-state index is 13.1. The number of carbonyl (C=O) groups excluding carboxylic acids is 3. The number of hydrogen-bond acceptors (Lipinski definition) is 7. The molecule has 4 N–H and O–H groups in total. The molecule has 10 heteroatoms. The summed E-state index contributed by atoms with van der Waals surface area (Å²) in [6.07, 6.45) is 0.156. The van der Waals surface area contributed by atoms with Gasteiger partial charge in [-0.25, -0.2) is 4.79 Å². The number of nitrogens with one attached hydrogen (secondary N) is 3. The highest BCUT2D eigenvalue weighted by molar-refractivity contribution is 8.00. The van der Waals surface area contributed by atoms with Crippen molar-refractivity contribution in [2.24, 2.45) is 0 Å². The van der Waals surface area contributed by atoms with E-state index in [1.165, 1.54) is 22.9 Å². The van der Waals surface area contributed by atoms with Crippen LogP contribution in [-0.2, 0) is 14.9 Å². The van der Waals surface area contributed by atoms with E-state index < -0.39 is 17.4 Å². The third kappa shape index (κ3) is 6.21. The summed E-state index contributed by atoms with van der Waals surface area (Å²) in [6, 6.07) is 9.78. The molecule has 0 atom stereocenters. The minimum atomic E-state index is -0.556. The predicted octanol–water partition coefficient (Wildman–Crippen LogP) is 4.09. The van der Waals surface area contributed by atoms with E-state index in [2.05, 4.69) is 15.4 Å². The van der Waals surface area contributed by atoms with Crippen molar-refractivity contribution in [1.29, 1.82) is 0 Å². The molecule has 0 bridgehead atoms. The number of amides is 4. The Kier molecular flexibility index (Phi) is 8.06. The highest BCUT2D eigenvalue weighted by Gasteiger charge is 2.29. The molecule has 4 amide bonds. The molecule has 1 heterocycles. The molecule has 1 aliphatic rings. The van der Waals surface area contributed by atoms with Crippen LogP contribution in [0.4, 0.5) is 21.9 Å². The van der Waals surface area contributed by atoms with Gasteiger partial charge in [-0.05, 0) is 41.8 Å². The molecule has 0 spiro atoms. The third-order valence-electron chi connectivity index (χ3n) is 5.24. The zero-order chi connectivity index (χ0) is 24.9. The van der Waals surface area contributed by atoms with Crippen molar-refractivity contribution in [1.82, 2.24) is 5.32 Å². The van der Waals surface area contributed by atoms with Crippen LogP contribution in [0.2, 0.25) is 0 Å². The fourth-order valence-electron chi connectivity index (χ4n) is 3.41. The SMILES string of the molecule is COCCSNc1ccc(NC(=O)c2cc(N3CCC(=O)NC3=O)cc(C(C)(C)C)c2O)cc1. The van der Waals surface area contributed by atoms with Crippen LogP contribution in [-0.4, -0.2) is 49.0 Å². The van der Waals surface area contributed by atoms with E-state index in [1.54, 1.807) is 25.3 Å². The van der Waals surface area contributed by atoms with Crippen molar-refractivity contribution in [3.05, 3.63) is 47.5 Å². The number of aromatic hydroxyl groups is 1. The Labute approximate surface area is 203 Å². The Morgan fingerprint density at radius 1 is 1.18 bits per heavy atom. The van der Waals surface area contributed by atoms with Crippen LogP contribution < -0.4 is 20.3 Å². The van der Waals surface area contributed by atoms with E-state index in [0.717, 1.165) is 11.4 Å². The number of methoxy groups -OCH3 is 1. The van der Waals surface area contributed by atoms with Crippen LogP contribution in [0.5, 0.6) is 5.75 Å². The summed E-state index contributed by atoms with van der Waals surface area (Å²) in [7, 11) is 1.65. The van der Waals surface area contributed by atoms with Gasteiger partial charge in [0.05, 0.1) is 12.2 Å². The number of nitrogens with zero attached hydrogens (tertiary/aromatic N) is 1.